The Morgan fingerprint density at radius 1 is 1.00 bits per heavy atom. The highest BCUT2D eigenvalue weighted by molar-refractivity contribution is 8.00. The fourth-order valence-corrected chi connectivity index (χ4v) is 7.41. The molecule has 0 saturated carbocycles. The fraction of sp³-hybridized carbons (Fsp3) is 0.212. The van der Waals surface area contributed by atoms with Gasteiger partial charge in [-0.3, -0.25) is 9.97 Å². The topological polar surface area (TPSA) is 25.8 Å². The van der Waals surface area contributed by atoms with Crippen LogP contribution in [-0.4, -0.2) is 22.9 Å². The summed E-state index contributed by atoms with van der Waals surface area (Å²) in [4.78, 5) is 12.2. The highest BCUT2D eigenvalue weighted by Crippen LogP contribution is 2.39. The van der Waals surface area contributed by atoms with Crippen molar-refractivity contribution in [1.82, 2.24) is 9.97 Å². The molecular formula is C33H33BN2S2. The second kappa shape index (κ2) is 11.8. The normalized spacial score (nSPS) is 13.8. The first kappa shape index (κ1) is 26.6. The van der Waals surface area contributed by atoms with Crippen LogP contribution in [0.1, 0.15) is 39.7 Å². The number of benzene rings is 2. The van der Waals surface area contributed by atoms with E-state index in [1.54, 1.807) is 0 Å². The number of fused-ring (bicyclic) bond motifs is 3. The molecule has 2 nitrogen and oxygen atoms in total. The standard InChI is InChI=1S/C33H33BN2S2/c1-6-9-15-27(22(4)12-7-2)34-31-23(8-3)17-19-36-33(31)38-30-21-24(20-29(37-5)32(30)34)25-13-10-16-28-26(25)14-11-18-35-28/h7,9-21H,6,8H2,1-5H3/b12-7-,15-9-,27-22+. The highest BCUT2D eigenvalue weighted by atomic mass is 32.2. The summed E-state index contributed by atoms with van der Waals surface area (Å²) in [5.41, 5.74) is 10.3. The molecular weight excluding hydrogens is 499 g/mol. The van der Waals surface area contributed by atoms with Crippen LogP contribution in [0.4, 0.5) is 0 Å². The van der Waals surface area contributed by atoms with Gasteiger partial charge in [-0.1, -0.05) is 79.2 Å². The maximum atomic E-state index is 4.93. The number of nitrogens with zero attached hydrogens (tertiary/aromatic N) is 2. The first-order chi connectivity index (χ1) is 18.6. The van der Waals surface area contributed by atoms with E-state index in [0.29, 0.717) is 0 Å². The van der Waals surface area contributed by atoms with Crippen LogP contribution in [-0.2, 0) is 6.42 Å². The van der Waals surface area contributed by atoms with Gasteiger partial charge in [-0.05, 0) is 90.9 Å². The van der Waals surface area contributed by atoms with Gasteiger partial charge in [-0.25, -0.2) is 0 Å². The minimum Gasteiger partial charge on any atom is -0.256 e. The zero-order valence-electron chi connectivity index (χ0n) is 22.8. The third kappa shape index (κ3) is 4.90. The first-order valence-corrected chi connectivity index (χ1v) is 15.4. The summed E-state index contributed by atoms with van der Waals surface area (Å²) in [6.45, 7) is 8.93. The first-order valence-electron chi connectivity index (χ1n) is 13.3. The molecule has 0 radical (unpaired) electrons. The second-order valence-electron chi connectivity index (χ2n) is 9.49. The van der Waals surface area contributed by atoms with Crippen LogP contribution >= 0.6 is 23.5 Å². The summed E-state index contributed by atoms with van der Waals surface area (Å²) in [5.74, 6) is 0. The quantitative estimate of drug-likeness (QED) is 0.137. The van der Waals surface area contributed by atoms with E-state index in [2.05, 4.69) is 106 Å². The number of thioether (sulfide) groups is 1. The van der Waals surface area contributed by atoms with E-state index < -0.39 is 0 Å². The molecule has 1 aliphatic heterocycles. The average molecular weight is 533 g/mol. The number of aryl methyl sites for hydroxylation is 1. The van der Waals surface area contributed by atoms with E-state index in [-0.39, 0.29) is 6.71 Å². The van der Waals surface area contributed by atoms with Gasteiger partial charge in [0, 0.05) is 27.6 Å². The molecule has 5 heteroatoms. The van der Waals surface area contributed by atoms with E-state index in [1.165, 1.54) is 53.8 Å². The number of pyridine rings is 2. The van der Waals surface area contributed by atoms with Crippen molar-refractivity contribution in [2.45, 2.75) is 55.4 Å². The van der Waals surface area contributed by atoms with Gasteiger partial charge in [0.05, 0.1) is 10.5 Å². The van der Waals surface area contributed by atoms with E-state index >= 15 is 0 Å². The molecule has 0 N–H and O–H groups in total. The summed E-state index contributed by atoms with van der Waals surface area (Å²) < 4.78 is 0. The lowest BCUT2D eigenvalue weighted by Gasteiger charge is -2.31. The fourth-order valence-electron chi connectivity index (χ4n) is 5.45. The molecule has 38 heavy (non-hydrogen) atoms. The van der Waals surface area contributed by atoms with E-state index in [1.807, 2.05) is 42.0 Å². The SMILES string of the molecule is C\C=C/C(C)=C(\C=C/CC)B1c2c(SC)cc(-c3cccc4ncccc34)cc2Sc2nccc(CC)c21. The molecule has 0 unspecified atom stereocenters. The Hall–Kier alpha value is -3.02. The lowest BCUT2D eigenvalue weighted by Crippen LogP contribution is -2.51. The van der Waals surface area contributed by atoms with Crippen molar-refractivity contribution >= 4 is 52.1 Å². The van der Waals surface area contributed by atoms with Crippen molar-refractivity contribution in [2.75, 3.05) is 6.26 Å². The van der Waals surface area contributed by atoms with Gasteiger partial charge in [0.1, 0.15) is 0 Å². The number of aromatic nitrogens is 2. The molecule has 0 fully saturated rings. The molecule has 5 rings (SSSR count). The largest absolute Gasteiger partial charge is 0.256 e. The summed E-state index contributed by atoms with van der Waals surface area (Å²) in [7, 11) is 0. The van der Waals surface area contributed by atoms with E-state index in [4.69, 9.17) is 4.98 Å². The Morgan fingerprint density at radius 3 is 2.63 bits per heavy atom. The minimum atomic E-state index is 0.134. The summed E-state index contributed by atoms with van der Waals surface area (Å²) in [6.07, 6.45) is 17.1. The van der Waals surface area contributed by atoms with Gasteiger partial charge in [0.2, 0.25) is 6.71 Å². The summed E-state index contributed by atoms with van der Waals surface area (Å²) in [6, 6.07) is 17.6. The summed E-state index contributed by atoms with van der Waals surface area (Å²) in [5, 5.41) is 2.31. The van der Waals surface area contributed by atoms with Gasteiger partial charge < -0.3 is 0 Å². The molecule has 0 spiro atoms. The minimum absolute atomic E-state index is 0.134. The number of hydrogen-bond acceptors (Lipinski definition) is 4. The molecule has 2 aromatic carbocycles. The third-order valence-corrected chi connectivity index (χ3v) is 9.06. The lowest BCUT2D eigenvalue weighted by molar-refractivity contribution is 1.07. The second-order valence-corrected chi connectivity index (χ2v) is 11.4. The maximum Gasteiger partial charge on any atom is 0.248 e. The van der Waals surface area contributed by atoms with Crippen LogP contribution in [0.25, 0.3) is 22.0 Å². The summed E-state index contributed by atoms with van der Waals surface area (Å²) >= 11 is 3.66. The van der Waals surface area contributed by atoms with Crippen molar-refractivity contribution in [2.24, 2.45) is 0 Å². The van der Waals surface area contributed by atoms with Gasteiger partial charge in [-0.2, -0.15) is 0 Å². The predicted molar refractivity (Wildman–Crippen MR) is 169 cm³/mol. The smallest absolute Gasteiger partial charge is 0.248 e. The van der Waals surface area contributed by atoms with Crippen molar-refractivity contribution in [3.8, 4) is 11.1 Å². The van der Waals surface area contributed by atoms with Crippen LogP contribution in [0.3, 0.4) is 0 Å². The Bertz CT molecular complexity index is 1580. The predicted octanol–water partition coefficient (Wildman–Crippen LogP) is 8.05. The van der Waals surface area contributed by atoms with Gasteiger partial charge >= 0.3 is 0 Å². The van der Waals surface area contributed by atoms with E-state index in [0.717, 1.165) is 23.4 Å². The number of hydrogen-bond donors (Lipinski definition) is 0. The van der Waals surface area contributed by atoms with Gasteiger partial charge in [-0.15, -0.1) is 11.8 Å². The average Bonchev–Trinajstić information content (AvgIpc) is 2.95. The molecule has 3 heterocycles. The molecule has 190 valence electrons. The lowest BCUT2D eigenvalue weighted by atomic mass is 9.34. The molecule has 2 aromatic heterocycles. The maximum absolute atomic E-state index is 4.93. The van der Waals surface area contributed by atoms with Crippen LogP contribution in [0, 0.1) is 0 Å². The molecule has 1 aliphatic rings. The van der Waals surface area contributed by atoms with Crippen LogP contribution in [0.5, 0.6) is 0 Å². The molecule has 0 atom stereocenters. The molecule has 0 bridgehead atoms. The molecule has 0 saturated heterocycles. The number of allylic oxidation sites excluding steroid dienone is 6. The van der Waals surface area contributed by atoms with E-state index in [9.17, 15) is 0 Å². The Morgan fingerprint density at radius 2 is 1.87 bits per heavy atom. The Kier molecular flexibility index (Phi) is 8.25. The van der Waals surface area contributed by atoms with Crippen molar-refractivity contribution in [1.29, 1.82) is 0 Å². The zero-order chi connectivity index (χ0) is 26.6. The van der Waals surface area contributed by atoms with Crippen molar-refractivity contribution in [3.05, 3.63) is 102 Å². The van der Waals surface area contributed by atoms with Crippen LogP contribution in [0.15, 0.2) is 111 Å². The number of rotatable bonds is 7. The monoisotopic (exact) mass is 532 g/mol. The third-order valence-electron chi connectivity index (χ3n) is 7.21. The van der Waals surface area contributed by atoms with Gasteiger partial charge in [0.15, 0.2) is 0 Å². The molecule has 0 aliphatic carbocycles. The zero-order valence-corrected chi connectivity index (χ0v) is 24.4. The molecule has 0 amide bonds. The van der Waals surface area contributed by atoms with Crippen LogP contribution < -0.4 is 10.9 Å². The Labute approximate surface area is 235 Å². The Balaban J connectivity index is 1.82. The van der Waals surface area contributed by atoms with Crippen molar-refractivity contribution in [3.63, 3.8) is 0 Å². The molecule has 4 aromatic rings. The van der Waals surface area contributed by atoms with Crippen LogP contribution in [0.2, 0.25) is 0 Å². The van der Waals surface area contributed by atoms with Gasteiger partial charge in [0.25, 0.3) is 0 Å². The van der Waals surface area contributed by atoms with Crippen molar-refractivity contribution < 1.29 is 0 Å². The highest BCUT2D eigenvalue weighted by Gasteiger charge is 2.37.